The Bertz CT molecular complexity index is 697. The highest BCUT2D eigenvalue weighted by atomic mass is 16.5. The van der Waals surface area contributed by atoms with Crippen LogP contribution in [0.4, 0.5) is 5.82 Å². The van der Waals surface area contributed by atoms with E-state index in [2.05, 4.69) is 9.88 Å². The molecule has 2 aromatic rings. The van der Waals surface area contributed by atoms with Gasteiger partial charge in [-0.1, -0.05) is 18.2 Å². The summed E-state index contributed by atoms with van der Waals surface area (Å²) in [6, 6.07) is 11.1. The normalized spacial score (nSPS) is 13.8. The number of carbonyl (C=O) groups excluding carboxylic acids is 1. The number of para-hydroxylation sites is 1. The summed E-state index contributed by atoms with van der Waals surface area (Å²) in [5, 5.41) is 0. The molecule has 5 nitrogen and oxygen atoms in total. The topological polar surface area (TPSA) is 51.7 Å². The van der Waals surface area contributed by atoms with Crippen LogP contribution < -0.4 is 9.64 Å². The van der Waals surface area contributed by atoms with E-state index < -0.39 is 0 Å². The van der Waals surface area contributed by atoms with Crippen LogP contribution in [-0.4, -0.2) is 30.6 Å². The lowest BCUT2D eigenvalue weighted by atomic mass is 10.2. The fourth-order valence-electron chi connectivity index (χ4n) is 2.88. The molecule has 0 atom stereocenters. The van der Waals surface area contributed by atoms with Gasteiger partial charge in [0.2, 0.25) is 0 Å². The fraction of sp³-hybridized carbons (Fsp3) is 0.368. The summed E-state index contributed by atoms with van der Waals surface area (Å²) in [6.07, 6.45) is 3.98. The molecule has 1 aliphatic rings. The number of aromatic nitrogens is 1. The lowest BCUT2D eigenvalue weighted by Gasteiger charge is -2.19. The van der Waals surface area contributed by atoms with Crippen molar-refractivity contribution in [1.82, 2.24) is 4.98 Å². The number of anilines is 1. The second-order valence-electron chi connectivity index (χ2n) is 5.69. The summed E-state index contributed by atoms with van der Waals surface area (Å²) in [5.41, 5.74) is 1.38. The van der Waals surface area contributed by atoms with Crippen molar-refractivity contribution in [2.75, 3.05) is 24.6 Å². The van der Waals surface area contributed by atoms with E-state index in [0.717, 1.165) is 43.1 Å². The molecule has 1 aromatic carbocycles. The van der Waals surface area contributed by atoms with E-state index in [4.69, 9.17) is 9.47 Å². The Morgan fingerprint density at radius 2 is 1.96 bits per heavy atom. The standard InChI is InChI=1S/C19H22N2O3/c1-2-23-17-10-4-3-8-15(17)14-24-19(22)16-9-7-11-20-18(16)21-12-5-6-13-21/h3-4,7-11H,2,5-6,12-14H2,1H3. The van der Waals surface area contributed by atoms with Gasteiger partial charge in [0.25, 0.3) is 0 Å². The third kappa shape index (κ3) is 3.67. The van der Waals surface area contributed by atoms with Gasteiger partial charge in [-0.25, -0.2) is 9.78 Å². The highest BCUT2D eigenvalue weighted by molar-refractivity contribution is 5.94. The van der Waals surface area contributed by atoms with Crippen LogP contribution in [0.25, 0.3) is 0 Å². The van der Waals surface area contributed by atoms with Crippen LogP contribution in [0.2, 0.25) is 0 Å². The highest BCUT2D eigenvalue weighted by Crippen LogP contribution is 2.24. The first kappa shape index (κ1) is 16.3. The Labute approximate surface area is 142 Å². The summed E-state index contributed by atoms with van der Waals surface area (Å²) in [4.78, 5) is 19.1. The number of hydrogen-bond acceptors (Lipinski definition) is 5. The van der Waals surface area contributed by atoms with Gasteiger partial charge in [-0.15, -0.1) is 0 Å². The average Bonchev–Trinajstić information content (AvgIpc) is 3.15. The molecule has 0 spiro atoms. The van der Waals surface area contributed by atoms with Crippen molar-refractivity contribution in [3.8, 4) is 5.75 Å². The quantitative estimate of drug-likeness (QED) is 0.761. The van der Waals surface area contributed by atoms with Gasteiger partial charge in [0.15, 0.2) is 0 Å². The third-order valence-corrected chi connectivity index (χ3v) is 4.04. The van der Waals surface area contributed by atoms with Gasteiger partial charge < -0.3 is 14.4 Å². The summed E-state index contributed by atoms with van der Waals surface area (Å²) in [5.74, 6) is 1.12. The van der Waals surface area contributed by atoms with Crippen molar-refractivity contribution in [1.29, 1.82) is 0 Å². The molecule has 0 saturated carbocycles. The first-order valence-corrected chi connectivity index (χ1v) is 8.37. The van der Waals surface area contributed by atoms with Gasteiger partial charge >= 0.3 is 5.97 Å². The molecule has 2 heterocycles. The Hall–Kier alpha value is -2.56. The maximum absolute atomic E-state index is 12.5. The number of carbonyl (C=O) groups is 1. The van der Waals surface area contributed by atoms with Crippen LogP contribution >= 0.6 is 0 Å². The predicted octanol–water partition coefficient (Wildman–Crippen LogP) is 3.44. The van der Waals surface area contributed by atoms with E-state index >= 15 is 0 Å². The van der Waals surface area contributed by atoms with Crippen LogP contribution in [-0.2, 0) is 11.3 Å². The van der Waals surface area contributed by atoms with Crippen molar-refractivity contribution < 1.29 is 14.3 Å². The summed E-state index contributed by atoms with van der Waals surface area (Å²) in [6.45, 7) is 4.56. The molecule has 0 aliphatic carbocycles. The largest absolute Gasteiger partial charge is 0.493 e. The average molecular weight is 326 g/mol. The minimum absolute atomic E-state index is 0.184. The van der Waals surface area contributed by atoms with Gasteiger partial charge in [-0.05, 0) is 38.0 Å². The number of ether oxygens (including phenoxy) is 2. The van der Waals surface area contributed by atoms with Gasteiger partial charge in [0.05, 0.1) is 6.61 Å². The summed E-state index contributed by atoms with van der Waals surface area (Å²) in [7, 11) is 0. The molecular formula is C19H22N2O3. The predicted molar refractivity (Wildman–Crippen MR) is 92.4 cm³/mol. The Morgan fingerprint density at radius 1 is 1.17 bits per heavy atom. The molecular weight excluding hydrogens is 304 g/mol. The molecule has 24 heavy (non-hydrogen) atoms. The monoisotopic (exact) mass is 326 g/mol. The highest BCUT2D eigenvalue weighted by Gasteiger charge is 2.21. The van der Waals surface area contributed by atoms with E-state index in [9.17, 15) is 4.79 Å². The Morgan fingerprint density at radius 3 is 2.75 bits per heavy atom. The second-order valence-corrected chi connectivity index (χ2v) is 5.69. The molecule has 1 aliphatic heterocycles. The molecule has 0 unspecified atom stereocenters. The number of esters is 1. The molecule has 1 saturated heterocycles. The molecule has 0 radical (unpaired) electrons. The smallest absolute Gasteiger partial charge is 0.342 e. The van der Waals surface area contributed by atoms with Crippen LogP contribution in [0.1, 0.15) is 35.7 Å². The first-order chi connectivity index (χ1) is 11.8. The number of pyridine rings is 1. The molecule has 3 rings (SSSR count). The van der Waals surface area contributed by atoms with E-state index in [1.165, 1.54) is 0 Å². The molecule has 0 amide bonds. The van der Waals surface area contributed by atoms with Crippen molar-refractivity contribution in [2.24, 2.45) is 0 Å². The van der Waals surface area contributed by atoms with Crippen molar-refractivity contribution >= 4 is 11.8 Å². The number of nitrogens with zero attached hydrogens (tertiary/aromatic N) is 2. The zero-order valence-electron chi connectivity index (χ0n) is 13.9. The van der Waals surface area contributed by atoms with E-state index in [1.54, 1.807) is 18.3 Å². The third-order valence-electron chi connectivity index (χ3n) is 4.04. The van der Waals surface area contributed by atoms with E-state index in [0.29, 0.717) is 12.2 Å². The van der Waals surface area contributed by atoms with Crippen LogP contribution in [0.15, 0.2) is 42.6 Å². The van der Waals surface area contributed by atoms with Gasteiger partial charge in [-0.2, -0.15) is 0 Å². The lowest BCUT2D eigenvalue weighted by molar-refractivity contribution is 0.0470. The van der Waals surface area contributed by atoms with E-state index in [1.807, 2.05) is 31.2 Å². The first-order valence-electron chi connectivity index (χ1n) is 8.37. The zero-order chi connectivity index (χ0) is 16.8. The molecule has 1 aromatic heterocycles. The van der Waals surface area contributed by atoms with Crippen molar-refractivity contribution in [3.63, 3.8) is 0 Å². The number of rotatable bonds is 6. The molecule has 0 bridgehead atoms. The van der Waals surface area contributed by atoms with Crippen LogP contribution in [0.5, 0.6) is 5.75 Å². The number of hydrogen-bond donors (Lipinski definition) is 0. The zero-order valence-corrected chi connectivity index (χ0v) is 13.9. The van der Waals surface area contributed by atoms with Gasteiger partial charge in [0.1, 0.15) is 23.7 Å². The van der Waals surface area contributed by atoms with Crippen molar-refractivity contribution in [2.45, 2.75) is 26.4 Å². The maximum atomic E-state index is 12.5. The van der Waals surface area contributed by atoms with Crippen LogP contribution in [0, 0.1) is 0 Å². The SMILES string of the molecule is CCOc1ccccc1COC(=O)c1cccnc1N1CCCC1. The summed E-state index contributed by atoms with van der Waals surface area (Å²) < 4.78 is 11.1. The lowest BCUT2D eigenvalue weighted by Crippen LogP contribution is -2.22. The van der Waals surface area contributed by atoms with Gasteiger partial charge in [0, 0.05) is 24.8 Å². The maximum Gasteiger partial charge on any atom is 0.342 e. The molecule has 0 N–H and O–H groups in total. The second kappa shape index (κ2) is 7.81. The van der Waals surface area contributed by atoms with Crippen LogP contribution in [0.3, 0.4) is 0 Å². The Balaban J connectivity index is 1.72. The number of benzene rings is 1. The van der Waals surface area contributed by atoms with Crippen molar-refractivity contribution in [3.05, 3.63) is 53.7 Å². The van der Waals surface area contributed by atoms with E-state index in [-0.39, 0.29) is 12.6 Å². The molecule has 126 valence electrons. The molecule has 5 heteroatoms. The fourth-order valence-corrected chi connectivity index (χ4v) is 2.88. The minimum atomic E-state index is -0.351. The van der Waals surface area contributed by atoms with Gasteiger partial charge in [-0.3, -0.25) is 0 Å². The minimum Gasteiger partial charge on any atom is -0.493 e. The molecule has 1 fully saturated rings. The Kier molecular flexibility index (Phi) is 5.31. The summed E-state index contributed by atoms with van der Waals surface area (Å²) >= 11 is 0.